The molecule has 4 saturated carbocycles. The second kappa shape index (κ2) is 5.17. The quantitative estimate of drug-likeness (QED) is 0.867. The number of benzene rings is 1. The van der Waals surface area contributed by atoms with E-state index >= 15 is 0 Å². The van der Waals surface area contributed by atoms with Gasteiger partial charge in [-0.3, -0.25) is 4.79 Å². The van der Waals surface area contributed by atoms with E-state index in [1.165, 1.54) is 37.7 Å². The molecule has 6 fully saturated rings. The van der Waals surface area contributed by atoms with Gasteiger partial charge < -0.3 is 10.2 Å². The van der Waals surface area contributed by atoms with Crippen molar-refractivity contribution in [1.82, 2.24) is 10.2 Å². The molecule has 2 aliphatic heterocycles. The van der Waals surface area contributed by atoms with Gasteiger partial charge in [0, 0.05) is 26.2 Å². The van der Waals surface area contributed by atoms with Crippen molar-refractivity contribution in [3.8, 4) is 0 Å². The standard InChI is InChI=1S/C24H32N2O/c1-21-11-18-12-23(14-21,19-5-3-2-4-6-19)15-24(21,13-18)20(27)26-9-7-22(8-10-26)16-25-17-22/h2-6,18,25H,7-17H2,1H3. The zero-order valence-electron chi connectivity index (χ0n) is 16.6. The summed E-state index contributed by atoms with van der Waals surface area (Å²) in [5, 5.41) is 3.44. The fraction of sp³-hybridized carbons (Fsp3) is 0.708. The molecular formula is C24H32N2O. The van der Waals surface area contributed by atoms with Crippen LogP contribution in [-0.2, 0) is 10.2 Å². The Balaban J connectivity index is 1.31. The largest absolute Gasteiger partial charge is 0.342 e. The Morgan fingerprint density at radius 1 is 1.04 bits per heavy atom. The summed E-state index contributed by atoms with van der Waals surface area (Å²) >= 11 is 0. The first-order valence-corrected chi connectivity index (χ1v) is 11.0. The van der Waals surface area contributed by atoms with Crippen LogP contribution in [0.5, 0.6) is 0 Å². The Morgan fingerprint density at radius 3 is 2.44 bits per heavy atom. The van der Waals surface area contributed by atoms with Crippen molar-refractivity contribution in [1.29, 1.82) is 0 Å². The topological polar surface area (TPSA) is 32.3 Å². The van der Waals surface area contributed by atoms with Crippen LogP contribution in [0.15, 0.2) is 30.3 Å². The lowest BCUT2D eigenvalue weighted by molar-refractivity contribution is -0.150. The third kappa shape index (κ3) is 2.04. The predicted octanol–water partition coefficient (Wildman–Crippen LogP) is 3.74. The number of rotatable bonds is 2. The molecule has 1 aromatic rings. The van der Waals surface area contributed by atoms with Crippen LogP contribution in [0.1, 0.15) is 57.4 Å². The summed E-state index contributed by atoms with van der Waals surface area (Å²) in [6, 6.07) is 11.1. The van der Waals surface area contributed by atoms with Crippen LogP contribution in [0.2, 0.25) is 0 Å². The Hall–Kier alpha value is -1.35. The number of likely N-dealkylation sites (tertiary alicyclic amines) is 1. The van der Waals surface area contributed by atoms with E-state index in [2.05, 4.69) is 47.5 Å². The molecule has 4 unspecified atom stereocenters. The number of amides is 1. The molecule has 4 atom stereocenters. The van der Waals surface area contributed by atoms with E-state index in [4.69, 9.17) is 0 Å². The molecule has 2 heterocycles. The number of carbonyl (C=O) groups is 1. The van der Waals surface area contributed by atoms with Gasteiger partial charge in [-0.15, -0.1) is 0 Å². The molecule has 1 spiro atoms. The molecule has 1 N–H and O–H groups in total. The normalized spacial score (nSPS) is 43.9. The minimum absolute atomic E-state index is 0.0892. The van der Waals surface area contributed by atoms with Gasteiger partial charge in [0.25, 0.3) is 0 Å². The summed E-state index contributed by atoms with van der Waals surface area (Å²) in [6.45, 7) is 6.76. The molecule has 1 aromatic carbocycles. The van der Waals surface area contributed by atoms with Crippen LogP contribution < -0.4 is 5.32 Å². The molecule has 1 amide bonds. The molecule has 4 aliphatic carbocycles. The van der Waals surface area contributed by atoms with Crippen LogP contribution in [-0.4, -0.2) is 37.0 Å². The molecule has 27 heavy (non-hydrogen) atoms. The second-order valence-electron chi connectivity index (χ2n) is 11.0. The van der Waals surface area contributed by atoms with Crippen molar-refractivity contribution >= 4 is 5.91 Å². The molecule has 3 nitrogen and oxygen atoms in total. The van der Waals surface area contributed by atoms with Crippen LogP contribution in [0.4, 0.5) is 0 Å². The monoisotopic (exact) mass is 364 g/mol. The summed E-state index contributed by atoms with van der Waals surface area (Å²) in [4.78, 5) is 16.3. The number of piperidine rings is 1. The van der Waals surface area contributed by atoms with E-state index in [0.29, 0.717) is 11.3 Å². The van der Waals surface area contributed by atoms with Gasteiger partial charge in [-0.25, -0.2) is 0 Å². The molecule has 0 radical (unpaired) electrons. The lowest BCUT2D eigenvalue weighted by Crippen LogP contribution is -2.60. The predicted molar refractivity (Wildman–Crippen MR) is 106 cm³/mol. The maximum Gasteiger partial charge on any atom is 0.229 e. The number of nitrogens with zero attached hydrogens (tertiary/aromatic N) is 1. The van der Waals surface area contributed by atoms with E-state index in [1.807, 2.05) is 0 Å². The maximum atomic E-state index is 14.0. The first kappa shape index (κ1) is 16.6. The van der Waals surface area contributed by atoms with E-state index in [1.54, 1.807) is 0 Å². The van der Waals surface area contributed by atoms with Gasteiger partial charge in [0.1, 0.15) is 0 Å². The van der Waals surface area contributed by atoms with Crippen molar-refractivity contribution in [2.24, 2.45) is 22.2 Å². The Morgan fingerprint density at radius 2 is 1.78 bits per heavy atom. The fourth-order valence-electron chi connectivity index (χ4n) is 8.25. The summed E-state index contributed by atoms with van der Waals surface area (Å²) < 4.78 is 0. The Labute approximate surface area is 162 Å². The molecule has 0 aromatic heterocycles. The number of carbonyl (C=O) groups excluding carboxylic acids is 1. The van der Waals surface area contributed by atoms with Crippen LogP contribution in [0.3, 0.4) is 0 Å². The molecule has 3 heteroatoms. The van der Waals surface area contributed by atoms with Gasteiger partial charge in [-0.2, -0.15) is 0 Å². The van der Waals surface area contributed by atoms with Gasteiger partial charge >= 0.3 is 0 Å². The number of nitrogens with one attached hydrogen (secondary N) is 1. The number of hydrogen-bond acceptors (Lipinski definition) is 2. The SMILES string of the molecule is CC12CC3CC(c4ccccc4)(C1)CC2(C(=O)N1CCC2(CC1)CNC2)C3. The third-order valence-electron chi connectivity index (χ3n) is 9.49. The summed E-state index contributed by atoms with van der Waals surface area (Å²) in [5.41, 5.74) is 2.37. The average Bonchev–Trinajstić information content (AvgIpc) is 2.97. The van der Waals surface area contributed by atoms with E-state index in [-0.39, 0.29) is 16.2 Å². The lowest BCUT2D eigenvalue weighted by Gasteiger charge is -2.50. The van der Waals surface area contributed by atoms with Crippen LogP contribution >= 0.6 is 0 Å². The van der Waals surface area contributed by atoms with Crippen LogP contribution in [0.25, 0.3) is 0 Å². The highest BCUT2D eigenvalue weighted by atomic mass is 16.2. The van der Waals surface area contributed by atoms with Crippen molar-refractivity contribution in [3.63, 3.8) is 0 Å². The summed E-state index contributed by atoms with van der Waals surface area (Å²) in [5.74, 6) is 1.26. The first-order chi connectivity index (χ1) is 13.0. The van der Waals surface area contributed by atoms with Crippen molar-refractivity contribution in [2.75, 3.05) is 26.2 Å². The first-order valence-electron chi connectivity index (χ1n) is 11.0. The van der Waals surface area contributed by atoms with Gasteiger partial charge in [0.2, 0.25) is 5.91 Å². The molecule has 2 saturated heterocycles. The Bertz CT molecular complexity index is 777. The highest BCUT2D eigenvalue weighted by molar-refractivity contribution is 5.85. The second-order valence-corrected chi connectivity index (χ2v) is 11.0. The highest BCUT2D eigenvalue weighted by Gasteiger charge is 2.73. The summed E-state index contributed by atoms with van der Waals surface area (Å²) in [6.07, 6.45) is 8.44. The van der Waals surface area contributed by atoms with E-state index < -0.39 is 0 Å². The third-order valence-corrected chi connectivity index (χ3v) is 9.49. The zero-order valence-corrected chi connectivity index (χ0v) is 16.6. The smallest absolute Gasteiger partial charge is 0.229 e. The summed E-state index contributed by atoms with van der Waals surface area (Å²) in [7, 11) is 0. The van der Waals surface area contributed by atoms with Crippen molar-refractivity contribution in [3.05, 3.63) is 35.9 Å². The van der Waals surface area contributed by atoms with Crippen molar-refractivity contribution in [2.45, 2.75) is 57.3 Å². The molecule has 7 rings (SSSR count). The molecular weight excluding hydrogens is 332 g/mol. The molecule has 4 bridgehead atoms. The van der Waals surface area contributed by atoms with Gasteiger partial charge in [-0.1, -0.05) is 37.3 Å². The minimum atomic E-state index is -0.0892. The van der Waals surface area contributed by atoms with Gasteiger partial charge in [0.15, 0.2) is 0 Å². The van der Waals surface area contributed by atoms with Gasteiger partial charge in [0.05, 0.1) is 5.41 Å². The fourth-order valence-corrected chi connectivity index (χ4v) is 8.25. The molecule has 144 valence electrons. The average molecular weight is 365 g/mol. The van der Waals surface area contributed by atoms with E-state index in [0.717, 1.165) is 44.9 Å². The van der Waals surface area contributed by atoms with Crippen molar-refractivity contribution < 1.29 is 4.79 Å². The Kier molecular flexibility index (Phi) is 3.18. The van der Waals surface area contributed by atoms with Gasteiger partial charge in [-0.05, 0) is 72.7 Å². The van der Waals surface area contributed by atoms with E-state index in [9.17, 15) is 4.79 Å². The minimum Gasteiger partial charge on any atom is -0.342 e. The lowest BCUT2D eigenvalue weighted by atomic mass is 9.63. The number of hydrogen-bond donors (Lipinski definition) is 1. The highest BCUT2D eigenvalue weighted by Crippen LogP contribution is 2.76. The molecule has 6 aliphatic rings. The maximum absolute atomic E-state index is 14.0. The zero-order chi connectivity index (χ0) is 18.3. The van der Waals surface area contributed by atoms with Crippen LogP contribution in [0, 0.1) is 22.2 Å².